The Kier molecular flexibility index (Phi) is 3.71. The zero-order chi connectivity index (χ0) is 5.82. The molecule has 1 aromatic carbocycles. The van der Waals surface area contributed by atoms with Gasteiger partial charge in [-0.1, -0.05) is 18.2 Å². The second kappa shape index (κ2) is 4.09. The predicted molar refractivity (Wildman–Crippen MR) is 41.5 cm³/mol. The first-order valence-corrected chi connectivity index (χ1v) is 2.32. The molecule has 0 aliphatic heterocycles. The molecule has 0 bridgehead atoms. The van der Waals surface area contributed by atoms with Gasteiger partial charge in [0, 0.05) is 0 Å². The standard InChI is InChI=1S/C6H5NO.S/c8-7-6-4-2-1-3-5-6;/h1-5H;/q;-2/p+2. The van der Waals surface area contributed by atoms with E-state index in [2.05, 4.69) is 5.18 Å². The first-order chi connectivity index (χ1) is 3.93. The molecule has 2 nitrogen and oxygen atoms in total. The van der Waals surface area contributed by atoms with Gasteiger partial charge in [-0.2, -0.15) is 0 Å². The minimum atomic E-state index is 0. The Hall–Kier alpha value is -0.830. The molecular formula is C6H7NOS. The third-order valence-corrected chi connectivity index (χ3v) is 0.862. The summed E-state index contributed by atoms with van der Waals surface area (Å²) in [5.41, 5.74) is 0.479. The number of hydrogen-bond donors (Lipinski definition) is 0. The van der Waals surface area contributed by atoms with Crippen molar-refractivity contribution in [1.82, 2.24) is 0 Å². The largest absolute Gasteiger partial charge is 2.00 e. The zero-order valence-corrected chi connectivity index (χ0v) is 5.47. The van der Waals surface area contributed by atoms with Crippen molar-refractivity contribution in [2.45, 2.75) is 0 Å². The summed E-state index contributed by atoms with van der Waals surface area (Å²) in [6, 6.07) is 8.71. The lowest BCUT2D eigenvalue weighted by Crippen LogP contribution is -1.56. The van der Waals surface area contributed by atoms with E-state index in [0.717, 1.165) is 0 Å². The lowest BCUT2D eigenvalue weighted by Gasteiger charge is -2.00. The molecule has 0 fully saturated rings. The summed E-state index contributed by atoms with van der Waals surface area (Å²) in [6.45, 7) is 0. The molecule has 0 radical (unpaired) electrons. The van der Waals surface area contributed by atoms with Gasteiger partial charge in [-0.3, -0.25) is 0 Å². The van der Waals surface area contributed by atoms with E-state index < -0.39 is 0 Å². The van der Waals surface area contributed by atoms with Crippen LogP contribution in [0.1, 0.15) is 2.85 Å². The van der Waals surface area contributed by atoms with Crippen molar-refractivity contribution >= 4 is 19.2 Å². The van der Waals surface area contributed by atoms with Gasteiger partial charge in [0.1, 0.15) is 5.69 Å². The van der Waals surface area contributed by atoms with E-state index in [1.54, 1.807) is 24.3 Å². The highest BCUT2D eigenvalue weighted by atomic mass is 32.1. The fourth-order valence-corrected chi connectivity index (χ4v) is 0.489. The minimum absolute atomic E-state index is 0. The minimum Gasteiger partial charge on any atom is -2.00 e. The fourth-order valence-electron chi connectivity index (χ4n) is 0.489. The lowest BCUT2D eigenvalue weighted by molar-refractivity contribution is 1.50. The third-order valence-electron chi connectivity index (χ3n) is 0.862. The molecule has 0 aliphatic rings. The van der Waals surface area contributed by atoms with Gasteiger partial charge in [0.05, 0.1) is 0 Å². The van der Waals surface area contributed by atoms with Crippen LogP contribution in [0.25, 0.3) is 0 Å². The predicted octanol–water partition coefficient (Wildman–Crippen LogP) is 2.31. The van der Waals surface area contributed by atoms with Crippen LogP contribution in [0, 0.1) is 4.91 Å². The summed E-state index contributed by atoms with van der Waals surface area (Å²) in [4.78, 5) is 9.76. The van der Waals surface area contributed by atoms with Crippen LogP contribution in [0.5, 0.6) is 0 Å². The van der Waals surface area contributed by atoms with E-state index >= 15 is 0 Å². The van der Waals surface area contributed by atoms with Gasteiger partial charge >= 0.3 is 2.85 Å². The normalized spacial score (nSPS) is 7.56. The van der Waals surface area contributed by atoms with Crippen molar-refractivity contribution in [1.29, 1.82) is 0 Å². The maximum atomic E-state index is 9.76. The number of nitrogens with zero attached hydrogens (tertiary/aromatic N) is 1. The Morgan fingerprint density at radius 1 is 1.22 bits per heavy atom. The van der Waals surface area contributed by atoms with E-state index in [9.17, 15) is 4.91 Å². The van der Waals surface area contributed by atoms with Crippen molar-refractivity contribution in [3.8, 4) is 0 Å². The van der Waals surface area contributed by atoms with Gasteiger partial charge in [0.25, 0.3) is 0 Å². The van der Waals surface area contributed by atoms with Crippen LogP contribution in [0.4, 0.5) is 5.69 Å². The van der Waals surface area contributed by atoms with Crippen molar-refractivity contribution < 1.29 is 2.85 Å². The smallest absolute Gasteiger partial charge is 1.00 e. The fraction of sp³-hybridized carbons (Fsp3) is 0. The molecule has 0 saturated heterocycles. The molecule has 0 heterocycles. The molecule has 9 heavy (non-hydrogen) atoms. The Bertz CT molecular complexity index is 183. The average Bonchev–Trinajstić information content (AvgIpc) is 1.90. The Morgan fingerprint density at radius 3 is 2.11 bits per heavy atom. The number of rotatable bonds is 1. The second-order valence-electron chi connectivity index (χ2n) is 1.43. The topological polar surface area (TPSA) is 29.4 Å². The molecule has 0 aromatic heterocycles. The van der Waals surface area contributed by atoms with Crippen molar-refractivity contribution in [2.75, 3.05) is 0 Å². The van der Waals surface area contributed by atoms with Gasteiger partial charge < -0.3 is 13.5 Å². The van der Waals surface area contributed by atoms with Gasteiger partial charge in [-0.15, -0.1) is 4.91 Å². The molecule has 1 rings (SSSR count). The second-order valence-corrected chi connectivity index (χ2v) is 1.43. The first kappa shape index (κ1) is 8.17. The van der Waals surface area contributed by atoms with Crippen LogP contribution < -0.4 is 0 Å². The van der Waals surface area contributed by atoms with Gasteiger partial charge in [-0.05, 0) is 17.3 Å². The van der Waals surface area contributed by atoms with Crippen LogP contribution in [-0.2, 0) is 13.5 Å². The van der Waals surface area contributed by atoms with Gasteiger partial charge in [0.2, 0.25) is 0 Å². The average molecular weight is 141 g/mol. The van der Waals surface area contributed by atoms with Crippen molar-refractivity contribution in [3.05, 3.63) is 35.2 Å². The summed E-state index contributed by atoms with van der Waals surface area (Å²) in [7, 11) is 0. The molecule has 0 spiro atoms. The summed E-state index contributed by atoms with van der Waals surface area (Å²) < 4.78 is 0. The summed E-state index contributed by atoms with van der Waals surface area (Å²) in [5, 5.41) is 2.72. The monoisotopic (exact) mass is 141 g/mol. The number of benzene rings is 1. The molecule has 48 valence electrons. The SMILES string of the molecule is O=Nc1ccccc1.[H+].[H+].[S-2]. The van der Waals surface area contributed by atoms with Crippen LogP contribution >= 0.6 is 0 Å². The Labute approximate surface area is 63.3 Å². The highest BCUT2D eigenvalue weighted by molar-refractivity contribution is 7.37. The Morgan fingerprint density at radius 2 is 1.78 bits per heavy atom. The maximum absolute atomic E-state index is 9.76. The highest BCUT2D eigenvalue weighted by Gasteiger charge is 1.81. The highest BCUT2D eigenvalue weighted by Crippen LogP contribution is 2.07. The van der Waals surface area contributed by atoms with E-state index in [1.165, 1.54) is 0 Å². The first-order valence-electron chi connectivity index (χ1n) is 2.32. The van der Waals surface area contributed by atoms with E-state index in [0.29, 0.717) is 5.69 Å². The number of hydrogen-bond acceptors (Lipinski definition) is 2. The maximum Gasteiger partial charge on any atom is 1.00 e. The van der Waals surface area contributed by atoms with Crippen LogP contribution in [0.2, 0.25) is 0 Å². The van der Waals surface area contributed by atoms with Crippen LogP contribution in [-0.4, -0.2) is 0 Å². The lowest BCUT2D eigenvalue weighted by atomic mass is 10.3. The molecule has 0 amide bonds. The molecule has 0 unspecified atom stereocenters. The molecule has 1 aromatic rings. The van der Waals surface area contributed by atoms with Crippen molar-refractivity contribution in [3.63, 3.8) is 0 Å². The van der Waals surface area contributed by atoms with E-state index in [-0.39, 0.29) is 16.3 Å². The summed E-state index contributed by atoms with van der Waals surface area (Å²) in [6.07, 6.45) is 0. The number of nitroso groups, excluding NO2 is 1. The van der Waals surface area contributed by atoms with Crippen LogP contribution in [0.15, 0.2) is 35.5 Å². The Balaban J connectivity index is -0.000000213. The molecule has 0 atom stereocenters. The summed E-state index contributed by atoms with van der Waals surface area (Å²) in [5.74, 6) is 0. The van der Waals surface area contributed by atoms with Crippen LogP contribution in [0.3, 0.4) is 0 Å². The van der Waals surface area contributed by atoms with Gasteiger partial charge in [0.15, 0.2) is 0 Å². The quantitative estimate of drug-likeness (QED) is 0.552. The van der Waals surface area contributed by atoms with Crippen molar-refractivity contribution in [2.24, 2.45) is 5.18 Å². The van der Waals surface area contributed by atoms with E-state index in [1.807, 2.05) is 6.07 Å². The summed E-state index contributed by atoms with van der Waals surface area (Å²) >= 11 is 0. The molecule has 0 saturated carbocycles. The van der Waals surface area contributed by atoms with Gasteiger partial charge in [-0.25, -0.2) is 0 Å². The zero-order valence-electron chi connectivity index (χ0n) is 6.65. The molecule has 0 N–H and O–H groups in total. The molecular weight excluding hydrogens is 134 g/mol. The molecule has 3 heteroatoms. The third kappa shape index (κ3) is 2.28. The van der Waals surface area contributed by atoms with E-state index in [4.69, 9.17) is 0 Å². The molecule has 0 aliphatic carbocycles.